The molecule has 8 rings (SSSR count). The Balaban J connectivity index is 1.05. The van der Waals surface area contributed by atoms with E-state index in [1.54, 1.807) is 6.92 Å². The minimum absolute atomic E-state index is 0.111. The third kappa shape index (κ3) is 5.74. The molecule has 8 aliphatic rings. The number of aliphatic hydroxyl groups excluding tert-OH is 7. The lowest BCUT2D eigenvalue weighted by Gasteiger charge is -2.60. The van der Waals surface area contributed by atoms with Crippen LogP contribution < -0.4 is 0 Å². The summed E-state index contributed by atoms with van der Waals surface area (Å²) in [6.45, 7) is 11.1. The summed E-state index contributed by atoms with van der Waals surface area (Å²) in [6, 6.07) is 0. The maximum Gasteiger partial charge on any atom is 0.187 e. The predicted octanol–water partition coefficient (Wildman–Crippen LogP) is 1.36. The summed E-state index contributed by atoms with van der Waals surface area (Å²) in [6.07, 6.45) is -5.83. The van der Waals surface area contributed by atoms with Crippen molar-refractivity contribution in [2.24, 2.45) is 46.3 Å². The van der Waals surface area contributed by atoms with E-state index < -0.39 is 91.4 Å². The van der Waals surface area contributed by atoms with Gasteiger partial charge >= 0.3 is 0 Å². The van der Waals surface area contributed by atoms with Crippen LogP contribution in [0, 0.1) is 46.3 Å². The Morgan fingerprint density at radius 3 is 2.31 bits per heavy atom. The second-order valence-corrected chi connectivity index (χ2v) is 18.3. The lowest BCUT2D eigenvalue weighted by Crippen LogP contribution is -2.65. The summed E-state index contributed by atoms with van der Waals surface area (Å²) in [7, 11) is 0. The molecule has 1 spiro atoms. The Bertz CT molecular complexity index is 1340. The Kier molecular flexibility index (Phi) is 10.0. The van der Waals surface area contributed by atoms with Crippen molar-refractivity contribution in [3.8, 4) is 0 Å². The SMILES string of the molecule is C[C@@H]1CC[C@@]2(OC1)O[C@H]1C[C@H]3[C@@H]4CC=C5C[C@@H](O)C[C@@H](O[C@@H]6O[C@H](C)[C@H](O)[C@H](O)[C@H]6O[C@@H]6O[C@H](CO)[C@@H](O)[C@H](O)[C@H]6O)[C@]5(C)[C@H]4CC[C@]3(C)[C@H]1[C@@H]2C. The average molecular weight is 739 g/mol. The molecule has 4 saturated heterocycles. The Labute approximate surface area is 306 Å². The van der Waals surface area contributed by atoms with Gasteiger partial charge in [-0.15, -0.1) is 0 Å². The standard InChI is InChI=1S/C39H62O13/c1-17-8-11-39(47-16-17)18(2)28-25(52-39)14-24-22-7-6-20-12-21(41)13-27(38(20,5)23(22)9-10-37(24,28)4)50-36-34(32(45)29(42)19(3)48-36)51-35-33(46)31(44)30(43)26(15-40)49-35/h6,17-19,21-36,40-46H,7-16H2,1-5H3/t17-,18+,19-,21-,22-,23+,24+,25+,26-,27-,28+,29+,30-,31+,32+,33-,34-,35+,36+,37+,38+,39-/m1/s1. The van der Waals surface area contributed by atoms with E-state index in [0.717, 1.165) is 45.1 Å². The van der Waals surface area contributed by atoms with Gasteiger partial charge in [-0.3, -0.25) is 0 Å². The number of fused-ring (bicyclic) bond motifs is 7. The van der Waals surface area contributed by atoms with E-state index in [4.69, 9.17) is 28.4 Å². The summed E-state index contributed by atoms with van der Waals surface area (Å²) in [5, 5.41) is 74.6. The molecule has 296 valence electrons. The summed E-state index contributed by atoms with van der Waals surface area (Å²) in [5.41, 5.74) is 0.821. The van der Waals surface area contributed by atoms with Crippen LogP contribution in [0.25, 0.3) is 0 Å². The van der Waals surface area contributed by atoms with Crippen molar-refractivity contribution in [3.05, 3.63) is 11.6 Å². The van der Waals surface area contributed by atoms with Gasteiger partial charge in [-0.1, -0.05) is 39.3 Å². The van der Waals surface area contributed by atoms with E-state index in [1.807, 2.05) is 0 Å². The first kappa shape index (κ1) is 38.1. The van der Waals surface area contributed by atoms with E-state index in [2.05, 4.69) is 33.8 Å². The van der Waals surface area contributed by atoms with Gasteiger partial charge in [0.2, 0.25) is 0 Å². The second kappa shape index (κ2) is 13.7. The third-order valence-electron chi connectivity index (χ3n) is 15.6. The molecule has 0 aromatic heterocycles. The number of hydrogen-bond donors (Lipinski definition) is 7. The molecule has 22 atom stereocenters. The molecule has 7 N–H and O–H groups in total. The van der Waals surface area contributed by atoms with Crippen molar-refractivity contribution in [3.63, 3.8) is 0 Å². The van der Waals surface area contributed by atoms with Crippen molar-refractivity contribution in [1.29, 1.82) is 0 Å². The van der Waals surface area contributed by atoms with Crippen LogP contribution in [0.3, 0.4) is 0 Å². The molecule has 3 saturated carbocycles. The van der Waals surface area contributed by atoms with Gasteiger partial charge in [0.05, 0.1) is 37.6 Å². The Morgan fingerprint density at radius 2 is 1.60 bits per heavy atom. The van der Waals surface area contributed by atoms with E-state index in [9.17, 15) is 35.7 Å². The molecule has 0 aromatic carbocycles. The molecular formula is C39H62O13. The summed E-state index contributed by atoms with van der Waals surface area (Å²) in [5.74, 6) is 1.93. The highest BCUT2D eigenvalue weighted by atomic mass is 16.8. The molecular weight excluding hydrogens is 676 g/mol. The number of rotatable bonds is 5. The molecule has 0 aromatic rings. The fourth-order valence-electron chi connectivity index (χ4n) is 12.6. The van der Waals surface area contributed by atoms with Gasteiger partial charge in [0.1, 0.15) is 42.7 Å². The highest BCUT2D eigenvalue weighted by Gasteiger charge is 2.69. The summed E-state index contributed by atoms with van der Waals surface area (Å²) < 4.78 is 38.2. The third-order valence-corrected chi connectivity index (χ3v) is 15.6. The van der Waals surface area contributed by atoms with E-state index >= 15 is 0 Å². The Hall–Kier alpha value is -0.780. The molecule has 52 heavy (non-hydrogen) atoms. The number of ether oxygens (including phenoxy) is 6. The molecule has 4 aliphatic heterocycles. The topological polar surface area (TPSA) is 197 Å². The van der Waals surface area contributed by atoms with Gasteiger partial charge < -0.3 is 64.2 Å². The molecule has 13 nitrogen and oxygen atoms in total. The zero-order valence-corrected chi connectivity index (χ0v) is 31.2. The monoisotopic (exact) mass is 738 g/mol. The summed E-state index contributed by atoms with van der Waals surface area (Å²) in [4.78, 5) is 0. The number of aliphatic hydroxyl groups is 7. The molecule has 7 fully saturated rings. The maximum absolute atomic E-state index is 11.3. The largest absolute Gasteiger partial charge is 0.394 e. The first-order valence-electron chi connectivity index (χ1n) is 19.9. The number of allylic oxidation sites excluding steroid dienone is 1. The maximum atomic E-state index is 11.3. The lowest BCUT2D eigenvalue weighted by molar-refractivity contribution is -0.374. The fourth-order valence-corrected chi connectivity index (χ4v) is 12.6. The van der Waals surface area contributed by atoms with Crippen molar-refractivity contribution in [2.45, 2.75) is 171 Å². The van der Waals surface area contributed by atoms with Crippen LogP contribution in [0.1, 0.15) is 86.0 Å². The minimum atomic E-state index is -1.72. The van der Waals surface area contributed by atoms with Crippen LogP contribution in [0.4, 0.5) is 0 Å². The minimum Gasteiger partial charge on any atom is -0.394 e. The molecule has 13 heteroatoms. The second-order valence-electron chi connectivity index (χ2n) is 18.3. The first-order valence-corrected chi connectivity index (χ1v) is 19.9. The quantitative estimate of drug-likeness (QED) is 0.200. The van der Waals surface area contributed by atoms with Crippen LogP contribution in [0.2, 0.25) is 0 Å². The highest BCUT2D eigenvalue weighted by molar-refractivity contribution is 5.29. The normalized spacial score (nSPS) is 58.9. The van der Waals surface area contributed by atoms with E-state index in [0.29, 0.717) is 42.4 Å². The molecule has 0 amide bonds. The van der Waals surface area contributed by atoms with Crippen LogP contribution in [0.15, 0.2) is 11.6 Å². The van der Waals surface area contributed by atoms with Crippen molar-refractivity contribution >= 4 is 0 Å². The molecule has 0 radical (unpaired) electrons. The highest BCUT2D eigenvalue weighted by Crippen LogP contribution is 2.71. The lowest BCUT2D eigenvalue weighted by atomic mass is 9.46. The van der Waals surface area contributed by atoms with Gasteiger partial charge in [0, 0.05) is 24.2 Å². The van der Waals surface area contributed by atoms with Gasteiger partial charge in [-0.2, -0.15) is 0 Å². The zero-order valence-electron chi connectivity index (χ0n) is 31.2. The molecule has 4 heterocycles. The van der Waals surface area contributed by atoms with Crippen molar-refractivity contribution in [1.82, 2.24) is 0 Å². The molecule has 0 bridgehead atoms. The van der Waals surface area contributed by atoms with Crippen LogP contribution in [-0.4, -0.2) is 134 Å². The summed E-state index contributed by atoms with van der Waals surface area (Å²) >= 11 is 0. The first-order chi connectivity index (χ1) is 24.6. The van der Waals surface area contributed by atoms with Gasteiger partial charge in [-0.05, 0) is 80.5 Å². The van der Waals surface area contributed by atoms with Gasteiger partial charge in [0.25, 0.3) is 0 Å². The van der Waals surface area contributed by atoms with Crippen LogP contribution >= 0.6 is 0 Å². The zero-order chi connectivity index (χ0) is 37.1. The Morgan fingerprint density at radius 1 is 0.827 bits per heavy atom. The fraction of sp³-hybridized carbons (Fsp3) is 0.949. The van der Waals surface area contributed by atoms with E-state index in [-0.39, 0.29) is 17.4 Å². The average Bonchev–Trinajstić information content (AvgIpc) is 3.56. The van der Waals surface area contributed by atoms with Crippen LogP contribution in [0.5, 0.6) is 0 Å². The van der Waals surface area contributed by atoms with Crippen LogP contribution in [-0.2, 0) is 28.4 Å². The van der Waals surface area contributed by atoms with Gasteiger partial charge in [-0.25, -0.2) is 0 Å². The van der Waals surface area contributed by atoms with Crippen molar-refractivity contribution in [2.75, 3.05) is 13.2 Å². The molecule has 0 unspecified atom stereocenters. The number of hydrogen-bond acceptors (Lipinski definition) is 13. The van der Waals surface area contributed by atoms with E-state index in [1.165, 1.54) is 5.57 Å². The van der Waals surface area contributed by atoms with Gasteiger partial charge in [0.15, 0.2) is 18.4 Å². The molecule has 4 aliphatic carbocycles. The smallest absolute Gasteiger partial charge is 0.187 e. The van der Waals surface area contributed by atoms with Crippen molar-refractivity contribution < 1.29 is 64.2 Å². The predicted molar refractivity (Wildman–Crippen MR) is 183 cm³/mol.